The Kier molecular flexibility index (Phi) is 4.95. The van der Waals surface area contributed by atoms with Gasteiger partial charge in [-0.3, -0.25) is 4.98 Å². The molecule has 0 atom stereocenters. The highest BCUT2D eigenvalue weighted by atomic mass is 35.5. The minimum absolute atomic E-state index is 0.808. The summed E-state index contributed by atoms with van der Waals surface area (Å²) in [6, 6.07) is 3.87. The first-order valence-electron chi connectivity index (χ1n) is 5.35. The number of aryl methyl sites for hydroxylation is 2. The maximum Gasteiger partial charge on any atom is 0.0442 e. The molecule has 14 heavy (non-hydrogen) atoms. The van der Waals surface area contributed by atoms with Gasteiger partial charge in [0.15, 0.2) is 0 Å². The molecule has 0 bridgehead atoms. The van der Waals surface area contributed by atoms with Crippen LogP contribution in [0.1, 0.15) is 44.0 Å². The van der Waals surface area contributed by atoms with E-state index in [2.05, 4.69) is 11.9 Å². The number of hydrogen-bond donors (Lipinski definition) is 0. The molecule has 0 saturated heterocycles. The summed E-state index contributed by atoms with van der Waals surface area (Å²) in [5.41, 5.74) is 2.15. The fraction of sp³-hybridized carbons (Fsp3) is 0.583. The van der Waals surface area contributed by atoms with E-state index in [9.17, 15) is 0 Å². The van der Waals surface area contributed by atoms with Crippen LogP contribution in [0.2, 0.25) is 5.02 Å². The summed E-state index contributed by atoms with van der Waals surface area (Å²) >= 11 is 5.95. The standard InChI is InChI=1S/C12H18ClN/c1-3-4-5-6-7-12-9-11(13)8-10(2)14-12/h8-9H,3-7H2,1-2H3. The predicted octanol–water partition coefficient (Wildman–Crippen LogP) is 4.17. The van der Waals surface area contributed by atoms with Gasteiger partial charge >= 0.3 is 0 Å². The van der Waals surface area contributed by atoms with Crippen LogP contribution in [0.4, 0.5) is 0 Å². The van der Waals surface area contributed by atoms with Crippen LogP contribution in [0.15, 0.2) is 12.1 Å². The lowest BCUT2D eigenvalue weighted by atomic mass is 10.1. The first kappa shape index (κ1) is 11.5. The average molecular weight is 212 g/mol. The van der Waals surface area contributed by atoms with Crippen molar-refractivity contribution in [2.24, 2.45) is 0 Å². The van der Waals surface area contributed by atoms with Gasteiger partial charge in [0.25, 0.3) is 0 Å². The molecule has 0 saturated carbocycles. The highest BCUT2D eigenvalue weighted by molar-refractivity contribution is 6.30. The van der Waals surface area contributed by atoms with E-state index in [1.807, 2.05) is 19.1 Å². The molecule has 0 N–H and O–H groups in total. The molecule has 1 aromatic rings. The minimum Gasteiger partial charge on any atom is -0.258 e. The Bertz CT molecular complexity index is 263. The molecular formula is C12H18ClN. The van der Waals surface area contributed by atoms with Crippen molar-refractivity contribution in [3.63, 3.8) is 0 Å². The second-order valence-corrected chi connectivity index (χ2v) is 4.17. The van der Waals surface area contributed by atoms with Crippen molar-refractivity contribution < 1.29 is 0 Å². The summed E-state index contributed by atoms with van der Waals surface area (Å²) in [6.45, 7) is 4.21. The molecule has 0 aromatic carbocycles. The van der Waals surface area contributed by atoms with E-state index >= 15 is 0 Å². The van der Waals surface area contributed by atoms with Crippen molar-refractivity contribution >= 4 is 11.6 Å². The number of rotatable bonds is 5. The number of halogens is 1. The third-order valence-corrected chi connectivity index (χ3v) is 2.48. The van der Waals surface area contributed by atoms with Crippen molar-refractivity contribution in [1.82, 2.24) is 4.98 Å². The molecule has 0 fully saturated rings. The first-order chi connectivity index (χ1) is 6.72. The molecule has 0 unspecified atom stereocenters. The minimum atomic E-state index is 0.808. The van der Waals surface area contributed by atoms with Gasteiger partial charge in [-0.15, -0.1) is 0 Å². The smallest absolute Gasteiger partial charge is 0.0442 e. The van der Waals surface area contributed by atoms with Gasteiger partial charge in [-0.05, 0) is 31.9 Å². The van der Waals surface area contributed by atoms with E-state index in [1.165, 1.54) is 25.7 Å². The zero-order valence-electron chi connectivity index (χ0n) is 9.02. The number of pyridine rings is 1. The van der Waals surface area contributed by atoms with Crippen LogP contribution in [0.5, 0.6) is 0 Å². The Morgan fingerprint density at radius 1 is 1.21 bits per heavy atom. The van der Waals surface area contributed by atoms with Crippen LogP contribution >= 0.6 is 11.6 Å². The molecule has 1 nitrogen and oxygen atoms in total. The summed E-state index contributed by atoms with van der Waals surface area (Å²) in [7, 11) is 0. The number of hydrogen-bond acceptors (Lipinski definition) is 1. The van der Waals surface area contributed by atoms with Gasteiger partial charge in [-0.1, -0.05) is 37.8 Å². The lowest BCUT2D eigenvalue weighted by Gasteiger charge is -2.02. The number of unbranched alkanes of at least 4 members (excludes halogenated alkanes) is 3. The Morgan fingerprint density at radius 2 is 2.00 bits per heavy atom. The predicted molar refractivity (Wildman–Crippen MR) is 61.8 cm³/mol. The fourth-order valence-electron chi connectivity index (χ4n) is 1.55. The van der Waals surface area contributed by atoms with Gasteiger partial charge in [0.2, 0.25) is 0 Å². The van der Waals surface area contributed by atoms with Crippen LogP contribution in [0.3, 0.4) is 0 Å². The van der Waals surface area contributed by atoms with E-state index in [4.69, 9.17) is 11.6 Å². The Hall–Kier alpha value is -0.560. The molecule has 0 radical (unpaired) electrons. The van der Waals surface area contributed by atoms with Crippen LogP contribution in [-0.4, -0.2) is 4.98 Å². The molecular weight excluding hydrogens is 194 g/mol. The largest absolute Gasteiger partial charge is 0.258 e. The van der Waals surface area contributed by atoms with Gasteiger partial charge in [-0.25, -0.2) is 0 Å². The van der Waals surface area contributed by atoms with Gasteiger partial charge in [-0.2, -0.15) is 0 Å². The highest BCUT2D eigenvalue weighted by Gasteiger charge is 1.98. The van der Waals surface area contributed by atoms with E-state index in [0.29, 0.717) is 0 Å². The summed E-state index contributed by atoms with van der Waals surface area (Å²) < 4.78 is 0. The van der Waals surface area contributed by atoms with E-state index in [0.717, 1.165) is 22.8 Å². The van der Waals surface area contributed by atoms with Crippen LogP contribution in [0, 0.1) is 6.92 Å². The van der Waals surface area contributed by atoms with E-state index in [1.54, 1.807) is 0 Å². The van der Waals surface area contributed by atoms with Crippen LogP contribution in [-0.2, 0) is 6.42 Å². The van der Waals surface area contributed by atoms with Gasteiger partial charge in [0.1, 0.15) is 0 Å². The summed E-state index contributed by atoms with van der Waals surface area (Å²) in [5.74, 6) is 0. The van der Waals surface area contributed by atoms with Crippen molar-refractivity contribution in [3.8, 4) is 0 Å². The highest BCUT2D eigenvalue weighted by Crippen LogP contribution is 2.13. The molecule has 1 rings (SSSR count). The number of aromatic nitrogens is 1. The third kappa shape index (κ3) is 4.10. The van der Waals surface area contributed by atoms with Gasteiger partial charge in [0.05, 0.1) is 0 Å². The second-order valence-electron chi connectivity index (χ2n) is 3.73. The number of nitrogens with zero attached hydrogens (tertiary/aromatic N) is 1. The quantitative estimate of drug-likeness (QED) is 0.667. The van der Waals surface area contributed by atoms with Crippen LogP contribution < -0.4 is 0 Å². The molecule has 0 aliphatic carbocycles. The lowest BCUT2D eigenvalue weighted by Crippen LogP contribution is -1.92. The second kappa shape index (κ2) is 6.02. The molecule has 0 aliphatic heterocycles. The van der Waals surface area contributed by atoms with Crippen LogP contribution in [0.25, 0.3) is 0 Å². The zero-order chi connectivity index (χ0) is 10.4. The zero-order valence-corrected chi connectivity index (χ0v) is 9.77. The summed E-state index contributed by atoms with van der Waals surface area (Å²) in [5, 5.41) is 0.808. The average Bonchev–Trinajstić information content (AvgIpc) is 2.11. The maximum atomic E-state index is 5.95. The first-order valence-corrected chi connectivity index (χ1v) is 5.73. The normalized spacial score (nSPS) is 10.5. The summed E-state index contributed by atoms with van der Waals surface area (Å²) in [4.78, 5) is 4.45. The lowest BCUT2D eigenvalue weighted by molar-refractivity contribution is 0.660. The van der Waals surface area contributed by atoms with Crippen molar-refractivity contribution in [2.45, 2.75) is 46.0 Å². The van der Waals surface area contributed by atoms with Gasteiger partial charge in [0, 0.05) is 16.4 Å². The van der Waals surface area contributed by atoms with E-state index in [-0.39, 0.29) is 0 Å². The molecule has 0 aliphatic rings. The Balaban J connectivity index is 2.42. The van der Waals surface area contributed by atoms with Crippen molar-refractivity contribution in [3.05, 3.63) is 28.5 Å². The molecule has 1 aromatic heterocycles. The third-order valence-electron chi connectivity index (χ3n) is 2.26. The van der Waals surface area contributed by atoms with Crippen molar-refractivity contribution in [1.29, 1.82) is 0 Å². The summed E-state index contributed by atoms with van der Waals surface area (Å²) in [6.07, 6.45) is 6.17. The topological polar surface area (TPSA) is 12.9 Å². The molecule has 0 amide bonds. The molecule has 2 heteroatoms. The van der Waals surface area contributed by atoms with E-state index < -0.39 is 0 Å². The van der Waals surface area contributed by atoms with Crippen molar-refractivity contribution in [2.75, 3.05) is 0 Å². The van der Waals surface area contributed by atoms with Gasteiger partial charge < -0.3 is 0 Å². The molecule has 78 valence electrons. The Morgan fingerprint density at radius 3 is 2.64 bits per heavy atom. The monoisotopic (exact) mass is 211 g/mol. The maximum absolute atomic E-state index is 5.95. The molecule has 1 heterocycles. The fourth-order valence-corrected chi connectivity index (χ4v) is 1.84. The molecule has 0 spiro atoms. The Labute approximate surface area is 91.5 Å². The SMILES string of the molecule is CCCCCCc1cc(Cl)cc(C)n1.